The Morgan fingerprint density at radius 2 is 1.86 bits per heavy atom. The van der Waals surface area contributed by atoms with Gasteiger partial charge >= 0.3 is 0 Å². The summed E-state index contributed by atoms with van der Waals surface area (Å²) < 4.78 is 36.1. The summed E-state index contributed by atoms with van der Waals surface area (Å²) in [4.78, 5) is 0. The predicted octanol–water partition coefficient (Wildman–Crippen LogP) is 1.95. The molecule has 2 aromatic heterocycles. The fraction of sp³-hybridized carbons (Fsp3) is 0.143. The molecule has 0 fully saturated rings. The van der Waals surface area contributed by atoms with Gasteiger partial charge in [0, 0.05) is 17.7 Å². The lowest BCUT2D eigenvalue weighted by Crippen LogP contribution is -2.24. The molecule has 0 spiro atoms. The molecule has 0 saturated heterocycles. The molecule has 0 atom stereocenters. The molecule has 0 amide bonds. The molecule has 0 aliphatic rings. The van der Waals surface area contributed by atoms with E-state index < -0.39 is 10.0 Å². The van der Waals surface area contributed by atoms with E-state index in [0.29, 0.717) is 17.1 Å². The van der Waals surface area contributed by atoms with Crippen molar-refractivity contribution >= 4 is 10.0 Å². The van der Waals surface area contributed by atoms with Gasteiger partial charge in [0.25, 0.3) is 0 Å². The van der Waals surface area contributed by atoms with Gasteiger partial charge in [-0.1, -0.05) is 40.6 Å². The SMILES string of the molecule is O=S(=O)(Cc1ccon1)NCc1cc(-c2ccccc2)on1. The Labute approximate surface area is 127 Å². The summed E-state index contributed by atoms with van der Waals surface area (Å²) in [5, 5.41) is 7.43. The second-order valence-corrected chi connectivity index (χ2v) is 6.43. The molecule has 3 aromatic rings. The monoisotopic (exact) mass is 319 g/mol. The van der Waals surface area contributed by atoms with E-state index >= 15 is 0 Å². The highest BCUT2D eigenvalue weighted by Crippen LogP contribution is 2.19. The van der Waals surface area contributed by atoms with E-state index in [4.69, 9.17) is 4.52 Å². The number of nitrogens with one attached hydrogen (secondary N) is 1. The van der Waals surface area contributed by atoms with Crippen LogP contribution < -0.4 is 4.72 Å². The molecule has 7 nitrogen and oxygen atoms in total. The van der Waals surface area contributed by atoms with E-state index in [2.05, 4.69) is 19.6 Å². The smallest absolute Gasteiger partial charge is 0.217 e. The Balaban J connectivity index is 1.63. The van der Waals surface area contributed by atoms with Crippen LogP contribution in [0.5, 0.6) is 0 Å². The zero-order valence-electron chi connectivity index (χ0n) is 11.5. The van der Waals surface area contributed by atoms with Crippen molar-refractivity contribution in [3.8, 4) is 11.3 Å². The van der Waals surface area contributed by atoms with Crippen molar-refractivity contribution in [1.82, 2.24) is 15.0 Å². The van der Waals surface area contributed by atoms with Gasteiger partial charge in [-0.25, -0.2) is 13.1 Å². The molecule has 0 aliphatic heterocycles. The van der Waals surface area contributed by atoms with Crippen LogP contribution in [-0.2, 0) is 22.3 Å². The second kappa shape index (κ2) is 6.12. The minimum Gasteiger partial charge on any atom is -0.364 e. The molecule has 0 saturated carbocycles. The van der Waals surface area contributed by atoms with Crippen LogP contribution in [0.25, 0.3) is 11.3 Å². The molecule has 0 bridgehead atoms. The summed E-state index contributed by atoms with van der Waals surface area (Å²) in [6.45, 7) is 0.0521. The van der Waals surface area contributed by atoms with Crippen molar-refractivity contribution in [2.45, 2.75) is 12.3 Å². The molecule has 1 N–H and O–H groups in total. The van der Waals surface area contributed by atoms with E-state index in [1.807, 2.05) is 30.3 Å². The van der Waals surface area contributed by atoms with Gasteiger partial charge in [-0.2, -0.15) is 0 Å². The highest BCUT2D eigenvalue weighted by atomic mass is 32.2. The summed E-state index contributed by atoms with van der Waals surface area (Å²) in [5.41, 5.74) is 1.73. The first kappa shape index (κ1) is 14.5. The third-order valence-electron chi connectivity index (χ3n) is 2.92. The van der Waals surface area contributed by atoms with Gasteiger partial charge in [0.15, 0.2) is 5.76 Å². The lowest BCUT2D eigenvalue weighted by molar-refractivity contribution is 0.413. The largest absolute Gasteiger partial charge is 0.364 e. The van der Waals surface area contributed by atoms with Crippen LogP contribution in [-0.4, -0.2) is 18.7 Å². The fourth-order valence-corrected chi connectivity index (χ4v) is 2.88. The van der Waals surface area contributed by atoms with Crippen molar-refractivity contribution in [3.05, 3.63) is 60.1 Å². The molecule has 8 heteroatoms. The summed E-state index contributed by atoms with van der Waals surface area (Å²) in [7, 11) is -3.51. The third-order valence-corrected chi connectivity index (χ3v) is 4.18. The average molecular weight is 319 g/mol. The molecule has 3 rings (SSSR count). The maximum absolute atomic E-state index is 11.9. The van der Waals surface area contributed by atoms with Crippen LogP contribution in [0.1, 0.15) is 11.4 Å². The van der Waals surface area contributed by atoms with E-state index in [-0.39, 0.29) is 12.3 Å². The van der Waals surface area contributed by atoms with Gasteiger partial charge in [-0.3, -0.25) is 0 Å². The van der Waals surface area contributed by atoms with Gasteiger partial charge < -0.3 is 9.05 Å². The molecule has 22 heavy (non-hydrogen) atoms. The molecule has 114 valence electrons. The Bertz CT molecular complexity index is 826. The molecule has 2 heterocycles. The zero-order chi connectivity index (χ0) is 15.4. The van der Waals surface area contributed by atoms with E-state index in [1.165, 1.54) is 12.3 Å². The van der Waals surface area contributed by atoms with Gasteiger partial charge in [0.1, 0.15) is 12.0 Å². The first-order valence-electron chi connectivity index (χ1n) is 6.50. The first-order chi connectivity index (χ1) is 10.6. The Hall–Kier alpha value is -2.45. The number of benzene rings is 1. The molecule has 0 aliphatic carbocycles. The maximum atomic E-state index is 11.9. The van der Waals surface area contributed by atoms with Gasteiger partial charge in [-0.05, 0) is 0 Å². The highest BCUT2D eigenvalue weighted by molar-refractivity contribution is 7.88. The minimum atomic E-state index is -3.51. The lowest BCUT2D eigenvalue weighted by atomic mass is 10.2. The number of hydrogen-bond donors (Lipinski definition) is 1. The van der Waals surface area contributed by atoms with Crippen molar-refractivity contribution in [3.63, 3.8) is 0 Å². The first-order valence-corrected chi connectivity index (χ1v) is 8.15. The normalized spacial score (nSPS) is 11.6. The lowest BCUT2D eigenvalue weighted by Gasteiger charge is -2.01. The maximum Gasteiger partial charge on any atom is 0.217 e. The van der Waals surface area contributed by atoms with Gasteiger partial charge in [0.2, 0.25) is 10.0 Å². The Morgan fingerprint density at radius 1 is 1.05 bits per heavy atom. The van der Waals surface area contributed by atoms with Crippen LogP contribution in [0.4, 0.5) is 0 Å². The summed E-state index contributed by atoms with van der Waals surface area (Å²) in [6.07, 6.45) is 1.33. The number of sulfonamides is 1. The van der Waals surface area contributed by atoms with Gasteiger partial charge in [0.05, 0.1) is 17.9 Å². The minimum absolute atomic E-state index is 0.0521. The van der Waals surface area contributed by atoms with E-state index in [1.54, 1.807) is 6.07 Å². The van der Waals surface area contributed by atoms with Crippen molar-refractivity contribution in [1.29, 1.82) is 0 Å². The molecule has 0 radical (unpaired) electrons. The highest BCUT2D eigenvalue weighted by Gasteiger charge is 2.15. The Morgan fingerprint density at radius 3 is 2.59 bits per heavy atom. The van der Waals surface area contributed by atoms with Crippen LogP contribution in [0.2, 0.25) is 0 Å². The average Bonchev–Trinajstić information content (AvgIpc) is 3.17. The van der Waals surface area contributed by atoms with E-state index in [9.17, 15) is 8.42 Å². The summed E-state index contributed by atoms with van der Waals surface area (Å²) >= 11 is 0. The fourth-order valence-electron chi connectivity index (χ4n) is 1.88. The predicted molar refractivity (Wildman–Crippen MR) is 77.9 cm³/mol. The topological polar surface area (TPSA) is 98.2 Å². The number of hydrogen-bond acceptors (Lipinski definition) is 6. The molecular formula is C14H13N3O4S. The summed E-state index contributed by atoms with van der Waals surface area (Å²) in [5.74, 6) is 0.346. The summed E-state index contributed by atoms with van der Waals surface area (Å²) in [6, 6.07) is 12.7. The van der Waals surface area contributed by atoms with Crippen molar-refractivity contribution in [2.24, 2.45) is 0 Å². The molecular weight excluding hydrogens is 306 g/mol. The molecule has 1 aromatic carbocycles. The second-order valence-electron chi connectivity index (χ2n) is 4.62. The van der Waals surface area contributed by atoms with Crippen LogP contribution in [0.15, 0.2) is 57.8 Å². The van der Waals surface area contributed by atoms with Crippen LogP contribution >= 0.6 is 0 Å². The van der Waals surface area contributed by atoms with E-state index in [0.717, 1.165) is 5.56 Å². The number of nitrogens with zero attached hydrogens (tertiary/aromatic N) is 2. The quantitative estimate of drug-likeness (QED) is 0.745. The van der Waals surface area contributed by atoms with Gasteiger partial charge in [-0.15, -0.1) is 0 Å². The zero-order valence-corrected chi connectivity index (χ0v) is 12.3. The van der Waals surface area contributed by atoms with Crippen molar-refractivity contribution in [2.75, 3.05) is 0 Å². The standard InChI is InChI=1S/C14H13N3O4S/c18-22(19,10-12-6-7-20-16-12)15-9-13-8-14(21-17-13)11-4-2-1-3-5-11/h1-8,15H,9-10H2. The Kier molecular flexibility index (Phi) is 4.03. The molecule has 0 unspecified atom stereocenters. The van der Waals surface area contributed by atoms with Crippen LogP contribution in [0, 0.1) is 0 Å². The van der Waals surface area contributed by atoms with Crippen LogP contribution in [0.3, 0.4) is 0 Å². The number of aromatic nitrogens is 2. The van der Waals surface area contributed by atoms with Crippen molar-refractivity contribution < 1.29 is 17.5 Å². The third kappa shape index (κ3) is 3.60. The number of rotatable bonds is 6.